The normalized spacial score (nSPS) is 14.1. The van der Waals surface area contributed by atoms with Gasteiger partial charge in [0.15, 0.2) is 11.6 Å². The summed E-state index contributed by atoms with van der Waals surface area (Å²) in [7, 11) is 0. The minimum absolute atomic E-state index is 0.0207. The van der Waals surface area contributed by atoms with E-state index in [9.17, 15) is 14.4 Å². The Morgan fingerprint density at radius 1 is 0.960 bits per heavy atom. The predicted molar refractivity (Wildman–Crippen MR) is 98.7 cm³/mol. The van der Waals surface area contributed by atoms with E-state index < -0.39 is 0 Å². The Balaban J connectivity index is 1.70. The summed E-state index contributed by atoms with van der Waals surface area (Å²) in [6, 6.07) is 7.00. The fourth-order valence-electron chi connectivity index (χ4n) is 2.82. The van der Waals surface area contributed by atoms with E-state index >= 15 is 0 Å². The average molecular weight is 341 g/mol. The van der Waals surface area contributed by atoms with E-state index in [0.717, 1.165) is 25.7 Å². The molecular weight excluding hydrogens is 314 g/mol. The monoisotopic (exact) mass is 341 g/mol. The van der Waals surface area contributed by atoms with Crippen molar-refractivity contribution < 1.29 is 14.4 Å². The van der Waals surface area contributed by atoms with Gasteiger partial charge in [0.05, 0.1) is 0 Å². The lowest BCUT2D eigenvalue weighted by molar-refractivity contribution is -0.128. The number of nitrogens with one attached hydrogen (secondary N) is 1. The van der Waals surface area contributed by atoms with Crippen LogP contribution in [0.25, 0.3) is 0 Å². The van der Waals surface area contributed by atoms with Crippen LogP contribution in [0.1, 0.15) is 73.6 Å². The number of hydrogen-bond donors (Lipinski definition) is 1. The van der Waals surface area contributed by atoms with Crippen LogP contribution in [0.4, 0.5) is 0 Å². The zero-order valence-corrected chi connectivity index (χ0v) is 15.4. The number of Topliss-reactive ketones (excluding diaryl/α,β-unsaturated/α-hetero) is 1. The molecule has 4 nitrogen and oxygen atoms in total. The zero-order valence-electron chi connectivity index (χ0n) is 15.4. The van der Waals surface area contributed by atoms with E-state index in [-0.39, 0.29) is 22.9 Å². The number of amides is 1. The highest BCUT2D eigenvalue weighted by Gasteiger charge is 2.24. The molecule has 0 unspecified atom stereocenters. The summed E-state index contributed by atoms with van der Waals surface area (Å²) in [4.78, 5) is 36.3. The molecule has 0 atom stereocenters. The summed E-state index contributed by atoms with van der Waals surface area (Å²) >= 11 is 0. The van der Waals surface area contributed by atoms with Crippen LogP contribution in [0.5, 0.6) is 0 Å². The minimum atomic E-state index is -0.351. The molecule has 0 spiro atoms. The van der Waals surface area contributed by atoms with Gasteiger partial charge in [0.25, 0.3) is 0 Å². The highest BCUT2D eigenvalue weighted by atomic mass is 16.2. The van der Waals surface area contributed by atoms with Gasteiger partial charge >= 0.3 is 0 Å². The van der Waals surface area contributed by atoms with E-state index in [1.807, 2.05) is 20.8 Å². The average Bonchev–Trinajstić information content (AvgIpc) is 2.57. The van der Waals surface area contributed by atoms with Gasteiger partial charge in [0.1, 0.15) is 0 Å². The van der Waals surface area contributed by atoms with E-state index in [0.29, 0.717) is 29.7 Å². The molecule has 0 fully saturated rings. The summed E-state index contributed by atoms with van der Waals surface area (Å²) in [5.74, 6) is -0.0228. The first kappa shape index (κ1) is 19.1. The van der Waals surface area contributed by atoms with Gasteiger partial charge in [0.2, 0.25) is 5.91 Å². The first-order valence-corrected chi connectivity index (χ1v) is 8.97. The van der Waals surface area contributed by atoms with Crippen LogP contribution in [0.3, 0.4) is 0 Å². The van der Waals surface area contributed by atoms with Crippen molar-refractivity contribution in [1.82, 2.24) is 5.32 Å². The first-order chi connectivity index (χ1) is 11.8. The fraction of sp³-hybridized carbons (Fsp3) is 0.476. The molecule has 1 aliphatic rings. The maximum Gasteiger partial charge on any atom is 0.225 e. The Labute approximate surface area is 149 Å². The molecule has 0 saturated heterocycles. The molecule has 25 heavy (non-hydrogen) atoms. The number of benzene rings is 1. The maximum atomic E-state index is 12.4. The molecule has 1 N–H and O–H groups in total. The van der Waals surface area contributed by atoms with Crippen LogP contribution < -0.4 is 5.32 Å². The summed E-state index contributed by atoms with van der Waals surface area (Å²) in [5, 5.41) is 2.94. The largest absolute Gasteiger partial charge is 0.356 e. The quantitative estimate of drug-likeness (QED) is 0.759. The molecular formula is C21H27NO3. The summed E-state index contributed by atoms with van der Waals surface area (Å²) in [6.07, 6.45) is 5.90. The number of hydrogen-bond acceptors (Lipinski definition) is 3. The molecule has 0 aliphatic heterocycles. The number of carbonyl (C=O) groups excluding carboxylic acids is 3. The van der Waals surface area contributed by atoms with Crippen molar-refractivity contribution in [3.05, 3.63) is 47.0 Å². The Hall–Kier alpha value is -2.23. The topological polar surface area (TPSA) is 63.2 Å². The lowest BCUT2D eigenvalue weighted by Crippen LogP contribution is -2.35. The van der Waals surface area contributed by atoms with Crippen molar-refractivity contribution in [2.75, 3.05) is 6.54 Å². The third-order valence-electron chi connectivity index (χ3n) is 4.37. The van der Waals surface area contributed by atoms with Crippen LogP contribution in [0, 0.1) is 5.41 Å². The Morgan fingerprint density at radius 2 is 1.60 bits per heavy atom. The second kappa shape index (κ2) is 8.24. The molecule has 1 aromatic rings. The Kier molecular flexibility index (Phi) is 6.29. The van der Waals surface area contributed by atoms with Crippen LogP contribution in [-0.2, 0) is 4.79 Å². The second-order valence-electron chi connectivity index (χ2n) is 7.58. The third kappa shape index (κ3) is 5.12. The maximum absolute atomic E-state index is 12.4. The van der Waals surface area contributed by atoms with Crippen molar-refractivity contribution in [1.29, 1.82) is 0 Å². The van der Waals surface area contributed by atoms with Crippen molar-refractivity contribution in [3.8, 4) is 0 Å². The number of unbranched alkanes of at least 4 members (excludes halogenated alkanes) is 3. The highest BCUT2D eigenvalue weighted by molar-refractivity contribution is 6.24. The van der Waals surface area contributed by atoms with Crippen LogP contribution >= 0.6 is 0 Å². The van der Waals surface area contributed by atoms with E-state index in [4.69, 9.17) is 0 Å². The molecule has 0 aromatic heterocycles. The smallest absolute Gasteiger partial charge is 0.225 e. The van der Waals surface area contributed by atoms with Gasteiger partial charge in [-0.15, -0.1) is 0 Å². The number of allylic oxidation sites excluding steroid dienone is 2. The van der Waals surface area contributed by atoms with E-state index in [1.54, 1.807) is 24.3 Å². The molecule has 2 rings (SSSR count). The van der Waals surface area contributed by atoms with Gasteiger partial charge in [-0.1, -0.05) is 57.9 Å². The molecule has 4 heteroatoms. The van der Waals surface area contributed by atoms with E-state index in [1.165, 1.54) is 6.08 Å². The molecule has 1 aliphatic carbocycles. The summed E-state index contributed by atoms with van der Waals surface area (Å²) in [5.41, 5.74) is 1.29. The molecule has 1 amide bonds. The molecule has 1 aromatic carbocycles. The third-order valence-corrected chi connectivity index (χ3v) is 4.37. The lowest BCUT2D eigenvalue weighted by Gasteiger charge is -2.17. The van der Waals surface area contributed by atoms with Gasteiger partial charge in [-0.3, -0.25) is 14.4 Å². The standard InChI is InChI=1S/C21H27NO3/c1-21(2,3)20(25)22-13-9-5-4-6-10-15-14-18(23)16-11-7-8-12-17(16)19(15)24/h7-8,11-12,14H,4-6,9-10,13H2,1-3H3,(H,22,25). The van der Waals surface area contributed by atoms with Crippen molar-refractivity contribution >= 4 is 17.5 Å². The lowest BCUT2D eigenvalue weighted by atomic mass is 9.87. The van der Waals surface area contributed by atoms with Gasteiger partial charge in [-0.05, 0) is 25.3 Å². The number of ketones is 2. The Morgan fingerprint density at radius 3 is 2.28 bits per heavy atom. The number of rotatable bonds is 7. The van der Waals surface area contributed by atoms with Gasteiger partial charge in [-0.2, -0.15) is 0 Å². The van der Waals surface area contributed by atoms with Gasteiger partial charge < -0.3 is 5.32 Å². The molecule has 0 bridgehead atoms. The molecule has 134 valence electrons. The zero-order chi connectivity index (χ0) is 18.4. The minimum Gasteiger partial charge on any atom is -0.356 e. The van der Waals surface area contributed by atoms with Gasteiger partial charge in [-0.25, -0.2) is 0 Å². The van der Waals surface area contributed by atoms with Gasteiger partial charge in [0, 0.05) is 28.7 Å². The predicted octanol–water partition coefficient (Wildman–Crippen LogP) is 4.10. The van der Waals surface area contributed by atoms with E-state index in [2.05, 4.69) is 5.32 Å². The van der Waals surface area contributed by atoms with Crippen LogP contribution in [0.2, 0.25) is 0 Å². The summed E-state index contributed by atoms with van der Waals surface area (Å²) in [6.45, 7) is 6.38. The summed E-state index contributed by atoms with van der Waals surface area (Å²) < 4.78 is 0. The molecule has 0 saturated carbocycles. The van der Waals surface area contributed by atoms with Crippen molar-refractivity contribution in [2.24, 2.45) is 5.41 Å². The fourth-order valence-corrected chi connectivity index (χ4v) is 2.82. The Bertz CT molecular complexity index is 695. The second-order valence-corrected chi connectivity index (χ2v) is 7.58. The van der Waals surface area contributed by atoms with Crippen LogP contribution in [-0.4, -0.2) is 24.0 Å². The number of fused-ring (bicyclic) bond motifs is 1. The van der Waals surface area contributed by atoms with Crippen LogP contribution in [0.15, 0.2) is 35.9 Å². The first-order valence-electron chi connectivity index (χ1n) is 8.97. The van der Waals surface area contributed by atoms with Crippen molar-refractivity contribution in [2.45, 2.75) is 52.9 Å². The molecule has 0 heterocycles. The number of carbonyl (C=O) groups is 3. The highest BCUT2D eigenvalue weighted by Crippen LogP contribution is 2.24. The van der Waals surface area contributed by atoms with Crippen molar-refractivity contribution in [3.63, 3.8) is 0 Å². The SMILES string of the molecule is CC(C)(C)C(=O)NCCCCCCC1=CC(=O)c2ccccc2C1=O. The molecule has 0 radical (unpaired) electrons.